The van der Waals surface area contributed by atoms with E-state index in [0.717, 1.165) is 24.6 Å². The van der Waals surface area contributed by atoms with Crippen molar-refractivity contribution in [2.24, 2.45) is 10.4 Å². The Kier molecular flexibility index (Phi) is 5.22. The topological polar surface area (TPSA) is 88.8 Å². The second-order valence-corrected chi connectivity index (χ2v) is 6.82. The van der Waals surface area contributed by atoms with Gasteiger partial charge in [-0.25, -0.2) is 0 Å². The third-order valence-corrected chi connectivity index (χ3v) is 5.55. The molecule has 2 unspecified atom stereocenters. The van der Waals surface area contributed by atoms with Crippen LogP contribution >= 0.6 is 0 Å². The zero-order valence-electron chi connectivity index (χ0n) is 14.8. The van der Waals surface area contributed by atoms with Crippen molar-refractivity contribution in [2.45, 2.75) is 51.3 Å². The Morgan fingerprint density at radius 2 is 2.28 bits per heavy atom. The smallest absolute Gasteiger partial charge is 0.269 e. The van der Waals surface area contributed by atoms with Crippen LogP contribution in [0.2, 0.25) is 0 Å². The molecule has 0 bridgehead atoms. The molecule has 0 heterocycles. The van der Waals surface area contributed by atoms with E-state index in [4.69, 9.17) is 4.74 Å². The average molecular weight is 346 g/mol. The second kappa shape index (κ2) is 7.39. The third kappa shape index (κ3) is 3.46. The Morgan fingerprint density at radius 1 is 1.48 bits per heavy atom. The summed E-state index contributed by atoms with van der Waals surface area (Å²) < 4.78 is 5.88. The zero-order chi connectivity index (χ0) is 17.9. The number of non-ortho nitro benzene ring substituents is 1. The van der Waals surface area contributed by atoms with E-state index in [1.807, 2.05) is 13.0 Å². The third-order valence-electron chi connectivity index (χ3n) is 5.55. The highest BCUT2D eigenvalue weighted by molar-refractivity contribution is 5.80. The summed E-state index contributed by atoms with van der Waals surface area (Å²) in [6.45, 7) is 3.31. The van der Waals surface area contributed by atoms with Crippen LogP contribution in [0.15, 0.2) is 29.3 Å². The molecule has 2 saturated carbocycles. The van der Waals surface area contributed by atoms with E-state index in [2.05, 4.69) is 15.6 Å². The van der Waals surface area contributed by atoms with Gasteiger partial charge in [-0.3, -0.25) is 15.1 Å². The van der Waals surface area contributed by atoms with E-state index in [9.17, 15) is 10.1 Å². The number of rotatable bonds is 6. The van der Waals surface area contributed by atoms with Crippen LogP contribution in [0.5, 0.6) is 0 Å². The van der Waals surface area contributed by atoms with Crippen molar-refractivity contribution in [3.63, 3.8) is 0 Å². The summed E-state index contributed by atoms with van der Waals surface area (Å²) in [4.78, 5) is 14.8. The van der Waals surface area contributed by atoms with Gasteiger partial charge in [0.1, 0.15) is 0 Å². The van der Waals surface area contributed by atoms with Crippen molar-refractivity contribution in [2.75, 3.05) is 13.7 Å². The summed E-state index contributed by atoms with van der Waals surface area (Å²) in [6, 6.07) is 7.04. The van der Waals surface area contributed by atoms with E-state index < -0.39 is 0 Å². The highest BCUT2D eigenvalue weighted by Crippen LogP contribution is 2.57. The number of guanidine groups is 1. The molecular formula is C18H26N4O3. The van der Waals surface area contributed by atoms with Gasteiger partial charge in [0.15, 0.2) is 5.96 Å². The first-order valence-electron chi connectivity index (χ1n) is 8.91. The minimum Gasteiger partial charge on any atom is -0.378 e. The highest BCUT2D eigenvalue weighted by Gasteiger charge is 2.59. The number of hydrogen-bond donors (Lipinski definition) is 2. The minimum atomic E-state index is -0.376. The lowest BCUT2D eigenvalue weighted by Gasteiger charge is -2.61. The molecule has 25 heavy (non-hydrogen) atoms. The van der Waals surface area contributed by atoms with Gasteiger partial charge < -0.3 is 15.4 Å². The minimum absolute atomic E-state index is 0.106. The molecule has 0 aromatic heterocycles. The summed E-state index contributed by atoms with van der Waals surface area (Å²) in [5, 5.41) is 17.6. The Balaban J connectivity index is 1.56. The number of nitro groups is 1. The molecule has 136 valence electrons. The van der Waals surface area contributed by atoms with Gasteiger partial charge in [-0.15, -0.1) is 0 Å². The quantitative estimate of drug-likeness (QED) is 0.358. The number of nitrogens with zero attached hydrogens (tertiary/aromatic N) is 2. The van der Waals surface area contributed by atoms with E-state index in [1.165, 1.54) is 25.3 Å². The molecule has 2 aliphatic rings. The molecular weight excluding hydrogens is 320 g/mol. The van der Waals surface area contributed by atoms with Gasteiger partial charge in [0.05, 0.1) is 11.0 Å². The zero-order valence-corrected chi connectivity index (χ0v) is 14.8. The van der Waals surface area contributed by atoms with E-state index in [-0.39, 0.29) is 16.0 Å². The van der Waals surface area contributed by atoms with Crippen molar-refractivity contribution in [1.29, 1.82) is 0 Å². The fourth-order valence-electron chi connectivity index (χ4n) is 3.97. The van der Waals surface area contributed by atoms with Crippen LogP contribution in [0, 0.1) is 15.5 Å². The summed E-state index contributed by atoms with van der Waals surface area (Å²) in [5.74, 6) is 0.734. The fourth-order valence-corrected chi connectivity index (χ4v) is 3.97. The van der Waals surface area contributed by atoms with Crippen LogP contribution in [-0.4, -0.2) is 36.7 Å². The summed E-state index contributed by atoms with van der Waals surface area (Å²) >= 11 is 0. The van der Waals surface area contributed by atoms with Gasteiger partial charge in [-0.1, -0.05) is 18.6 Å². The number of benzene rings is 1. The molecule has 7 nitrogen and oxygen atoms in total. The van der Waals surface area contributed by atoms with Gasteiger partial charge in [-0.05, 0) is 31.7 Å². The van der Waals surface area contributed by atoms with E-state index in [1.54, 1.807) is 19.2 Å². The lowest BCUT2D eigenvalue weighted by Crippen LogP contribution is -2.68. The lowest BCUT2D eigenvalue weighted by molar-refractivity contribution is -0.384. The molecule has 0 amide bonds. The van der Waals surface area contributed by atoms with Gasteiger partial charge in [-0.2, -0.15) is 0 Å². The second-order valence-electron chi connectivity index (χ2n) is 6.82. The van der Waals surface area contributed by atoms with Crippen molar-refractivity contribution in [3.05, 3.63) is 39.9 Å². The molecule has 1 aromatic rings. The predicted molar refractivity (Wildman–Crippen MR) is 96.5 cm³/mol. The van der Waals surface area contributed by atoms with Crippen molar-refractivity contribution < 1.29 is 9.66 Å². The van der Waals surface area contributed by atoms with Gasteiger partial charge in [0, 0.05) is 43.8 Å². The van der Waals surface area contributed by atoms with Crippen LogP contribution < -0.4 is 10.6 Å². The number of nitro benzene ring substituents is 1. The normalized spacial score (nSPS) is 24.3. The number of aliphatic imine (C=N–C) groups is 1. The molecule has 0 saturated heterocycles. The maximum absolute atomic E-state index is 10.9. The maximum Gasteiger partial charge on any atom is 0.269 e. The number of hydrogen-bond acceptors (Lipinski definition) is 4. The summed E-state index contributed by atoms with van der Waals surface area (Å²) in [6.07, 6.45) is 5.04. The molecule has 0 radical (unpaired) electrons. The lowest BCUT2D eigenvalue weighted by atomic mass is 9.51. The molecule has 3 rings (SSSR count). The van der Waals surface area contributed by atoms with Crippen molar-refractivity contribution >= 4 is 11.6 Å². The van der Waals surface area contributed by atoms with Crippen molar-refractivity contribution in [1.82, 2.24) is 10.6 Å². The average Bonchev–Trinajstić information content (AvgIpc) is 2.55. The van der Waals surface area contributed by atoms with E-state index >= 15 is 0 Å². The van der Waals surface area contributed by atoms with Crippen LogP contribution in [0.25, 0.3) is 0 Å². The first kappa shape index (κ1) is 17.7. The van der Waals surface area contributed by atoms with E-state index in [0.29, 0.717) is 18.7 Å². The first-order chi connectivity index (χ1) is 12.1. The Hall–Kier alpha value is -2.15. The predicted octanol–water partition coefficient (Wildman–Crippen LogP) is 2.61. The standard InChI is InChI=1S/C18H26N4O3/c1-3-25-16-11-15(18(16)8-5-9-18)21-17(19-2)20-12-13-6-4-7-14(10-13)22(23)24/h4,6-7,10,15-16H,3,5,8-9,11-12H2,1-2H3,(H2,19,20,21). The highest BCUT2D eigenvalue weighted by atomic mass is 16.6. The largest absolute Gasteiger partial charge is 0.378 e. The van der Waals surface area contributed by atoms with Crippen molar-refractivity contribution in [3.8, 4) is 0 Å². The maximum atomic E-state index is 10.9. The molecule has 1 aromatic carbocycles. The van der Waals surface area contributed by atoms with Crippen LogP contribution in [0.4, 0.5) is 5.69 Å². The Bertz CT molecular complexity index is 657. The first-order valence-corrected chi connectivity index (χ1v) is 8.91. The van der Waals surface area contributed by atoms with Crippen LogP contribution in [-0.2, 0) is 11.3 Å². The molecule has 2 atom stereocenters. The van der Waals surface area contributed by atoms with Gasteiger partial charge in [0.25, 0.3) is 5.69 Å². The van der Waals surface area contributed by atoms with Crippen LogP contribution in [0.3, 0.4) is 0 Å². The van der Waals surface area contributed by atoms with Gasteiger partial charge >= 0.3 is 0 Å². The molecule has 2 fully saturated rings. The fraction of sp³-hybridized carbons (Fsp3) is 0.611. The molecule has 0 aliphatic heterocycles. The van der Waals surface area contributed by atoms with Gasteiger partial charge in [0.2, 0.25) is 0 Å². The van der Waals surface area contributed by atoms with Crippen LogP contribution in [0.1, 0.15) is 38.2 Å². The number of ether oxygens (including phenoxy) is 1. The summed E-state index contributed by atoms with van der Waals surface area (Å²) in [5.41, 5.74) is 1.23. The number of nitrogens with one attached hydrogen (secondary N) is 2. The SMILES string of the molecule is CCOC1CC(NC(=NC)NCc2cccc([N+](=O)[O-])c2)C12CCC2. The Morgan fingerprint density at radius 3 is 2.88 bits per heavy atom. The molecule has 7 heteroatoms. The molecule has 1 spiro atoms. The Labute approximate surface area is 148 Å². The molecule has 2 N–H and O–H groups in total. The monoisotopic (exact) mass is 346 g/mol. The molecule has 2 aliphatic carbocycles. The summed E-state index contributed by atoms with van der Waals surface area (Å²) in [7, 11) is 1.74.